The Morgan fingerprint density at radius 1 is 1.31 bits per heavy atom. The normalized spacial score (nSPS) is 22.0. The monoisotopic (exact) mass is 402 g/mol. The van der Waals surface area contributed by atoms with Gasteiger partial charge in [-0.2, -0.15) is 5.10 Å². The summed E-state index contributed by atoms with van der Waals surface area (Å²) in [6, 6.07) is 0.739. The minimum Gasteiger partial charge on any atom is -0.481 e. The highest BCUT2D eigenvalue weighted by molar-refractivity contribution is 5.98. The molecule has 0 saturated heterocycles. The summed E-state index contributed by atoms with van der Waals surface area (Å²) in [5.41, 5.74) is 6.93. The zero-order valence-corrected chi connectivity index (χ0v) is 15.6. The van der Waals surface area contributed by atoms with Crippen LogP contribution in [0.5, 0.6) is 0 Å². The van der Waals surface area contributed by atoms with Crippen molar-refractivity contribution >= 4 is 28.5 Å². The molecule has 29 heavy (non-hydrogen) atoms. The van der Waals surface area contributed by atoms with Crippen LogP contribution >= 0.6 is 0 Å². The molecule has 10 heteroatoms. The van der Waals surface area contributed by atoms with Crippen molar-refractivity contribution in [1.29, 1.82) is 0 Å². The number of carboxylic acids is 1. The fourth-order valence-electron chi connectivity index (χ4n) is 4.09. The third kappa shape index (κ3) is 3.34. The van der Waals surface area contributed by atoms with E-state index in [9.17, 15) is 18.7 Å². The van der Waals surface area contributed by atoms with Crippen LogP contribution in [0.2, 0.25) is 0 Å². The van der Waals surface area contributed by atoms with Gasteiger partial charge in [0.15, 0.2) is 5.82 Å². The highest BCUT2D eigenvalue weighted by Gasteiger charge is 2.37. The maximum absolute atomic E-state index is 14.6. The van der Waals surface area contributed by atoms with E-state index in [0.29, 0.717) is 6.42 Å². The number of carboxylic acid groups (broad SMARTS) is 1. The second-order valence-electron chi connectivity index (χ2n) is 7.39. The van der Waals surface area contributed by atoms with Gasteiger partial charge in [0.2, 0.25) is 0 Å². The summed E-state index contributed by atoms with van der Waals surface area (Å²) >= 11 is 0. The number of H-pyrrole nitrogens is 1. The molecule has 0 bridgehead atoms. The van der Waals surface area contributed by atoms with Gasteiger partial charge in [0, 0.05) is 11.6 Å². The van der Waals surface area contributed by atoms with Gasteiger partial charge < -0.3 is 16.2 Å². The van der Waals surface area contributed by atoms with Crippen LogP contribution in [0.25, 0.3) is 22.3 Å². The van der Waals surface area contributed by atoms with Crippen molar-refractivity contribution in [3.63, 3.8) is 0 Å². The molecule has 4 rings (SSSR count). The van der Waals surface area contributed by atoms with Crippen molar-refractivity contribution in [3.8, 4) is 11.3 Å². The standard InChI is InChI=1S/C19H20F2N6O2/c1-8-3-2-4-12(13(8)19(28)29)25-15-11(21)7-23-16-14(26-27-17(15)16)10-5-9(20)6-24-18(10)22/h5-8,12-13H,2-4H2,1H3,(H2,22,24)(H,23,25)(H,26,27)(H,28,29)/t8-,12?,13+/m1/s1. The van der Waals surface area contributed by atoms with Crippen molar-refractivity contribution in [3.05, 3.63) is 30.1 Å². The molecule has 5 N–H and O–H groups in total. The summed E-state index contributed by atoms with van der Waals surface area (Å²) in [6.07, 6.45) is 4.27. The number of nitrogens with two attached hydrogens (primary N) is 1. The van der Waals surface area contributed by atoms with Gasteiger partial charge in [-0.1, -0.05) is 13.3 Å². The molecule has 1 fully saturated rings. The third-order valence-electron chi connectivity index (χ3n) is 5.51. The van der Waals surface area contributed by atoms with E-state index in [-0.39, 0.29) is 39.7 Å². The predicted molar refractivity (Wildman–Crippen MR) is 103 cm³/mol. The molecule has 1 unspecified atom stereocenters. The highest BCUT2D eigenvalue weighted by Crippen LogP contribution is 2.36. The molecular weight excluding hydrogens is 382 g/mol. The molecule has 1 saturated carbocycles. The van der Waals surface area contributed by atoms with Crippen LogP contribution in [-0.2, 0) is 4.79 Å². The van der Waals surface area contributed by atoms with Crippen molar-refractivity contribution in [2.75, 3.05) is 11.1 Å². The lowest BCUT2D eigenvalue weighted by Crippen LogP contribution is -2.41. The Balaban J connectivity index is 1.78. The third-order valence-corrected chi connectivity index (χ3v) is 5.51. The Morgan fingerprint density at radius 3 is 2.86 bits per heavy atom. The number of aliphatic carboxylic acids is 1. The molecule has 8 nitrogen and oxygen atoms in total. The molecule has 0 aromatic carbocycles. The lowest BCUT2D eigenvalue weighted by molar-refractivity contribution is -0.145. The summed E-state index contributed by atoms with van der Waals surface area (Å²) < 4.78 is 28.3. The number of hydrogen-bond acceptors (Lipinski definition) is 6. The van der Waals surface area contributed by atoms with Crippen LogP contribution < -0.4 is 11.1 Å². The molecule has 3 aromatic rings. The van der Waals surface area contributed by atoms with E-state index in [1.807, 2.05) is 6.92 Å². The first-order valence-corrected chi connectivity index (χ1v) is 9.30. The Labute approximate surface area is 164 Å². The first-order valence-electron chi connectivity index (χ1n) is 9.30. The number of fused-ring (bicyclic) bond motifs is 1. The first-order chi connectivity index (χ1) is 13.9. The Bertz CT molecular complexity index is 1090. The molecular formula is C19H20F2N6O2. The SMILES string of the molecule is C[C@@H]1CCCC(Nc2c(F)cnc3c(-c4cc(F)cnc4N)n[nH]c23)[C@H]1C(=O)O. The minimum absolute atomic E-state index is 0.0327. The van der Waals surface area contributed by atoms with E-state index in [0.717, 1.165) is 25.2 Å². The minimum atomic E-state index is -0.913. The molecule has 0 amide bonds. The average molecular weight is 402 g/mol. The number of rotatable bonds is 4. The summed E-state index contributed by atoms with van der Waals surface area (Å²) in [5.74, 6) is -2.75. The van der Waals surface area contributed by atoms with E-state index >= 15 is 0 Å². The van der Waals surface area contributed by atoms with Crippen LogP contribution in [-0.4, -0.2) is 37.3 Å². The molecule has 0 radical (unpaired) electrons. The maximum atomic E-state index is 14.6. The van der Waals surface area contributed by atoms with E-state index < -0.39 is 29.6 Å². The number of pyridine rings is 2. The number of aromatic nitrogens is 4. The van der Waals surface area contributed by atoms with Gasteiger partial charge >= 0.3 is 5.97 Å². The highest BCUT2D eigenvalue weighted by atomic mass is 19.1. The lowest BCUT2D eigenvalue weighted by Gasteiger charge is -2.34. The number of nitrogen functional groups attached to an aromatic ring is 1. The maximum Gasteiger partial charge on any atom is 0.308 e. The van der Waals surface area contributed by atoms with Crippen LogP contribution in [0, 0.1) is 23.5 Å². The van der Waals surface area contributed by atoms with Gasteiger partial charge in [-0.25, -0.2) is 18.7 Å². The van der Waals surface area contributed by atoms with E-state index in [4.69, 9.17) is 5.73 Å². The number of hydrogen-bond donors (Lipinski definition) is 4. The topological polar surface area (TPSA) is 130 Å². The molecule has 0 spiro atoms. The number of halogens is 2. The van der Waals surface area contributed by atoms with Gasteiger partial charge in [0.1, 0.15) is 28.4 Å². The number of aromatic amines is 1. The lowest BCUT2D eigenvalue weighted by atomic mass is 9.76. The van der Waals surface area contributed by atoms with Crippen LogP contribution in [0.15, 0.2) is 18.5 Å². The molecule has 3 aromatic heterocycles. The molecule has 0 aliphatic heterocycles. The number of nitrogens with zero attached hydrogens (tertiary/aromatic N) is 3. The quantitative estimate of drug-likeness (QED) is 0.527. The molecule has 3 heterocycles. The van der Waals surface area contributed by atoms with E-state index in [2.05, 4.69) is 25.5 Å². The summed E-state index contributed by atoms with van der Waals surface area (Å²) in [6.45, 7) is 1.89. The number of carbonyl (C=O) groups is 1. The van der Waals surface area contributed by atoms with Crippen molar-refractivity contribution < 1.29 is 18.7 Å². The Hall–Kier alpha value is -3.30. The molecule has 152 valence electrons. The van der Waals surface area contributed by atoms with Crippen LogP contribution in [0.3, 0.4) is 0 Å². The number of nitrogens with one attached hydrogen (secondary N) is 2. The molecule has 1 aliphatic carbocycles. The second-order valence-corrected chi connectivity index (χ2v) is 7.39. The van der Waals surface area contributed by atoms with Gasteiger partial charge in [-0.05, 0) is 24.8 Å². The van der Waals surface area contributed by atoms with Crippen molar-refractivity contribution in [2.45, 2.75) is 32.2 Å². The van der Waals surface area contributed by atoms with Crippen molar-refractivity contribution in [2.24, 2.45) is 11.8 Å². The fourth-order valence-corrected chi connectivity index (χ4v) is 4.09. The summed E-state index contributed by atoms with van der Waals surface area (Å²) in [5, 5.41) is 19.5. The zero-order valence-electron chi connectivity index (χ0n) is 15.6. The Morgan fingerprint density at radius 2 is 2.10 bits per heavy atom. The summed E-state index contributed by atoms with van der Waals surface area (Å²) in [4.78, 5) is 19.6. The van der Waals surface area contributed by atoms with Gasteiger partial charge in [0.05, 0.1) is 24.0 Å². The van der Waals surface area contributed by atoms with E-state index in [1.165, 1.54) is 6.07 Å². The number of anilines is 2. The van der Waals surface area contributed by atoms with Gasteiger partial charge in [0.25, 0.3) is 0 Å². The van der Waals surface area contributed by atoms with Gasteiger partial charge in [-0.3, -0.25) is 9.89 Å². The van der Waals surface area contributed by atoms with Gasteiger partial charge in [-0.15, -0.1) is 0 Å². The van der Waals surface area contributed by atoms with Crippen molar-refractivity contribution in [1.82, 2.24) is 20.2 Å². The molecule has 1 aliphatic rings. The van der Waals surface area contributed by atoms with Crippen LogP contribution in [0.4, 0.5) is 20.3 Å². The predicted octanol–water partition coefficient (Wildman–Crippen LogP) is 3.18. The fraction of sp³-hybridized carbons (Fsp3) is 0.368. The second kappa shape index (κ2) is 7.26. The molecule has 3 atom stereocenters. The average Bonchev–Trinajstić information content (AvgIpc) is 3.10. The van der Waals surface area contributed by atoms with Crippen LogP contribution in [0.1, 0.15) is 26.2 Å². The zero-order chi connectivity index (χ0) is 20.7. The Kier molecular flexibility index (Phi) is 4.77. The largest absolute Gasteiger partial charge is 0.481 e. The van der Waals surface area contributed by atoms with E-state index in [1.54, 1.807) is 0 Å². The first kappa shape index (κ1) is 19.0. The smallest absolute Gasteiger partial charge is 0.308 e. The summed E-state index contributed by atoms with van der Waals surface area (Å²) in [7, 11) is 0.